The number of hydrogen-bond acceptors (Lipinski definition) is 3. The third kappa shape index (κ3) is 9.17. The lowest BCUT2D eigenvalue weighted by Crippen LogP contribution is -2.36. The monoisotopic (exact) mass is 535 g/mol. The van der Waals surface area contributed by atoms with Gasteiger partial charge in [0.05, 0.1) is 6.54 Å². The average Bonchev–Trinajstić information content (AvgIpc) is 2.95. The Bertz CT molecular complexity index is 806. The van der Waals surface area contributed by atoms with Crippen LogP contribution in [0.15, 0.2) is 53.5 Å². The fourth-order valence-corrected chi connectivity index (χ4v) is 3.79. The van der Waals surface area contributed by atoms with Crippen molar-refractivity contribution in [3.8, 4) is 0 Å². The van der Waals surface area contributed by atoms with Gasteiger partial charge >= 0.3 is 0 Å². The van der Waals surface area contributed by atoms with Crippen LogP contribution in [0.1, 0.15) is 35.6 Å². The van der Waals surface area contributed by atoms with Crippen molar-refractivity contribution in [2.45, 2.75) is 39.9 Å². The van der Waals surface area contributed by atoms with E-state index in [1.165, 1.54) is 41.8 Å². The van der Waals surface area contributed by atoms with Crippen molar-refractivity contribution in [2.24, 2.45) is 4.99 Å². The van der Waals surface area contributed by atoms with E-state index in [1.807, 2.05) is 0 Å². The van der Waals surface area contributed by atoms with Gasteiger partial charge in [-0.1, -0.05) is 54.1 Å². The molecule has 0 aromatic heterocycles. The van der Waals surface area contributed by atoms with Gasteiger partial charge in [-0.05, 0) is 57.1 Å². The SMILES string of the molecule is CCNC(=NCc1cccc(C)c1)NCc1ccc(CN2CCCN(C)CC2)cc1.I. The third-order valence-electron chi connectivity index (χ3n) is 5.55. The van der Waals surface area contributed by atoms with E-state index < -0.39 is 0 Å². The molecule has 2 N–H and O–H groups in total. The van der Waals surface area contributed by atoms with Gasteiger partial charge in [0.2, 0.25) is 0 Å². The van der Waals surface area contributed by atoms with Gasteiger partial charge in [0.25, 0.3) is 0 Å². The zero-order valence-electron chi connectivity index (χ0n) is 19.2. The maximum absolute atomic E-state index is 4.73. The van der Waals surface area contributed by atoms with E-state index in [9.17, 15) is 0 Å². The molecule has 0 bridgehead atoms. The summed E-state index contributed by atoms with van der Waals surface area (Å²) < 4.78 is 0. The van der Waals surface area contributed by atoms with Crippen molar-refractivity contribution in [3.05, 3.63) is 70.8 Å². The second-order valence-corrected chi connectivity index (χ2v) is 8.29. The zero-order valence-corrected chi connectivity index (χ0v) is 21.6. The highest BCUT2D eigenvalue weighted by Crippen LogP contribution is 2.10. The maximum Gasteiger partial charge on any atom is 0.191 e. The summed E-state index contributed by atoms with van der Waals surface area (Å²) in [4.78, 5) is 9.73. The molecule has 5 nitrogen and oxygen atoms in total. The number of benzene rings is 2. The minimum atomic E-state index is 0. The van der Waals surface area contributed by atoms with Crippen LogP contribution in [0.25, 0.3) is 0 Å². The van der Waals surface area contributed by atoms with Gasteiger partial charge in [-0.2, -0.15) is 0 Å². The molecule has 1 aliphatic rings. The van der Waals surface area contributed by atoms with E-state index in [-0.39, 0.29) is 24.0 Å². The van der Waals surface area contributed by atoms with Crippen LogP contribution in [0.4, 0.5) is 0 Å². The van der Waals surface area contributed by atoms with E-state index in [0.29, 0.717) is 6.54 Å². The van der Waals surface area contributed by atoms with Crippen LogP contribution in [0.3, 0.4) is 0 Å². The number of guanidine groups is 1. The van der Waals surface area contributed by atoms with Crippen LogP contribution in [-0.4, -0.2) is 55.5 Å². The van der Waals surface area contributed by atoms with Gasteiger partial charge in [0.15, 0.2) is 5.96 Å². The molecule has 3 rings (SSSR count). The van der Waals surface area contributed by atoms with Crippen LogP contribution in [-0.2, 0) is 19.6 Å². The fraction of sp³-hybridized carbons (Fsp3) is 0.480. The van der Waals surface area contributed by atoms with Gasteiger partial charge in [0, 0.05) is 32.7 Å². The fourth-order valence-electron chi connectivity index (χ4n) is 3.79. The highest BCUT2D eigenvalue weighted by atomic mass is 127. The molecule has 2 aromatic carbocycles. The van der Waals surface area contributed by atoms with E-state index in [1.54, 1.807) is 0 Å². The standard InChI is InChI=1S/C25H37N5.HI/c1-4-26-25(28-19-24-8-5-7-21(2)17-24)27-18-22-9-11-23(12-10-22)20-30-14-6-13-29(3)15-16-30;/h5,7-12,17H,4,6,13-16,18-20H2,1-3H3,(H2,26,27,28);1H. The molecule has 170 valence electrons. The normalized spacial score (nSPS) is 15.8. The van der Waals surface area contributed by atoms with Crippen molar-refractivity contribution >= 4 is 29.9 Å². The highest BCUT2D eigenvalue weighted by molar-refractivity contribution is 14.0. The van der Waals surface area contributed by atoms with Gasteiger partial charge in [-0.3, -0.25) is 4.90 Å². The number of hydrogen-bond donors (Lipinski definition) is 2. The van der Waals surface area contributed by atoms with Crippen LogP contribution in [0.2, 0.25) is 0 Å². The second-order valence-electron chi connectivity index (χ2n) is 8.29. The smallest absolute Gasteiger partial charge is 0.191 e. The van der Waals surface area contributed by atoms with E-state index in [0.717, 1.165) is 38.7 Å². The Morgan fingerprint density at radius 1 is 0.935 bits per heavy atom. The van der Waals surface area contributed by atoms with Crippen molar-refractivity contribution in [3.63, 3.8) is 0 Å². The molecule has 1 fully saturated rings. The molecule has 2 aromatic rings. The molecular weight excluding hydrogens is 497 g/mol. The summed E-state index contributed by atoms with van der Waals surface area (Å²) in [6.45, 7) is 12.3. The number of nitrogens with zero attached hydrogens (tertiary/aromatic N) is 3. The molecule has 0 saturated carbocycles. The van der Waals surface area contributed by atoms with E-state index >= 15 is 0 Å². The first-order chi connectivity index (χ1) is 14.6. The van der Waals surface area contributed by atoms with Gasteiger partial charge in [-0.25, -0.2) is 4.99 Å². The highest BCUT2D eigenvalue weighted by Gasteiger charge is 2.12. The summed E-state index contributed by atoms with van der Waals surface area (Å²) in [6, 6.07) is 17.5. The number of likely N-dealkylation sites (N-methyl/N-ethyl adjacent to an activating group) is 1. The molecular formula is C25H38IN5. The maximum atomic E-state index is 4.73. The first-order valence-electron chi connectivity index (χ1n) is 11.2. The Morgan fingerprint density at radius 3 is 2.45 bits per heavy atom. The predicted molar refractivity (Wildman–Crippen MR) is 142 cm³/mol. The Morgan fingerprint density at radius 2 is 1.71 bits per heavy atom. The molecule has 0 aliphatic carbocycles. The lowest BCUT2D eigenvalue weighted by molar-refractivity contribution is 0.269. The molecule has 6 heteroatoms. The molecule has 0 radical (unpaired) electrons. The lowest BCUT2D eigenvalue weighted by Gasteiger charge is -2.20. The summed E-state index contributed by atoms with van der Waals surface area (Å²) in [5.41, 5.74) is 5.17. The first-order valence-corrected chi connectivity index (χ1v) is 11.2. The quantitative estimate of drug-likeness (QED) is 0.320. The lowest BCUT2D eigenvalue weighted by atomic mass is 10.1. The van der Waals surface area contributed by atoms with Crippen molar-refractivity contribution in [1.29, 1.82) is 0 Å². The average molecular weight is 536 g/mol. The summed E-state index contributed by atoms with van der Waals surface area (Å²) in [5, 5.41) is 6.80. The summed E-state index contributed by atoms with van der Waals surface area (Å²) >= 11 is 0. The van der Waals surface area contributed by atoms with Crippen molar-refractivity contribution in [1.82, 2.24) is 20.4 Å². The van der Waals surface area contributed by atoms with Crippen molar-refractivity contribution in [2.75, 3.05) is 39.8 Å². The molecule has 0 amide bonds. The number of rotatable bonds is 7. The predicted octanol–water partition coefficient (Wildman–Crippen LogP) is 4.01. The van der Waals surface area contributed by atoms with E-state index in [2.05, 4.69) is 89.9 Å². The molecule has 1 aliphatic heterocycles. The van der Waals surface area contributed by atoms with Gasteiger partial charge in [-0.15, -0.1) is 24.0 Å². The Kier molecular flexibility index (Phi) is 11.3. The van der Waals surface area contributed by atoms with E-state index in [4.69, 9.17) is 4.99 Å². The van der Waals surface area contributed by atoms with Crippen LogP contribution >= 0.6 is 24.0 Å². The molecule has 31 heavy (non-hydrogen) atoms. The largest absolute Gasteiger partial charge is 0.357 e. The van der Waals surface area contributed by atoms with Gasteiger partial charge in [0.1, 0.15) is 0 Å². The first kappa shape index (κ1) is 25.6. The number of aryl methyl sites for hydroxylation is 1. The number of aliphatic imine (C=N–C) groups is 1. The Hall–Kier alpha value is -1.64. The molecule has 0 spiro atoms. The number of halogens is 1. The molecule has 1 saturated heterocycles. The topological polar surface area (TPSA) is 42.9 Å². The van der Waals surface area contributed by atoms with Crippen LogP contribution < -0.4 is 10.6 Å². The van der Waals surface area contributed by atoms with Gasteiger partial charge < -0.3 is 15.5 Å². The minimum Gasteiger partial charge on any atom is -0.357 e. The minimum absolute atomic E-state index is 0. The second kappa shape index (κ2) is 13.7. The molecule has 1 heterocycles. The van der Waals surface area contributed by atoms with Crippen LogP contribution in [0.5, 0.6) is 0 Å². The van der Waals surface area contributed by atoms with Crippen LogP contribution in [0, 0.1) is 6.92 Å². The molecule has 0 unspecified atom stereocenters. The third-order valence-corrected chi connectivity index (χ3v) is 5.55. The van der Waals surface area contributed by atoms with Crippen molar-refractivity contribution < 1.29 is 0 Å². The number of nitrogens with one attached hydrogen (secondary N) is 2. The Labute approximate surface area is 205 Å². The molecule has 0 atom stereocenters. The zero-order chi connectivity index (χ0) is 21.2. The summed E-state index contributed by atoms with van der Waals surface area (Å²) in [6.07, 6.45) is 1.26. The summed E-state index contributed by atoms with van der Waals surface area (Å²) in [7, 11) is 2.22. The summed E-state index contributed by atoms with van der Waals surface area (Å²) in [5.74, 6) is 0.858. The Balaban J connectivity index is 0.00000341.